The number of halogens is 2. The summed E-state index contributed by atoms with van der Waals surface area (Å²) < 4.78 is 23.3. The van der Waals surface area contributed by atoms with Crippen LogP contribution in [0.4, 0.5) is 8.39 Å². The molecule has 8 heavy (non-hydrogen) atoms. The summed E-state index contributed by atoms with van der Waals surface area (Å²) in [6.45, 7) is 0. The second-order valence-electron chi connectivity index (χ2n) is 1.06. The maximum Gasteiger partial charge on any atom is 0.305 e. The molecule has 1 heterocycles. The highest BCUT2D eigenvalue weighted by Gasteiger charge is 2.08. The number of nitrogens with one attached hydrogen (secondary N) is 1. The first kappa shape index (κ1) is 6.06. The van der Waals surface area contributed by atoms with Gasteiger partial charge in [-0.3, -0.25) is 4.86 Å². The minimum absolute atomic E-state index is 0.0972. The molecule has 44 valence electrons. The largest absolute Gasteiger partial charge is 0.305 e. The molecule has 2 nitrogen and oxygen atoms in total. The molecule has 1 aromatic heterocycles. The lowest BCUT2D eigenvalue weighted by Gasteiger charge is -1.82. The maximum absolute atomic E-state index is 11.6. The molecule has 0 saturated heterocycles. The Hall–Kier alpha value is -0.0700. The summed E-state index contributed by atoms with van der Waals surface area (Å²) in [5.41, 5.74) is 0. The summed E-state index contributed by atoms with van der Waals surface area (Å²) in [5.74, 6) is 0. The van der Waals surface area contributed by atoms with Crippen LogP contribution in [0.25, 0.3) is 0 Å². The van der Waals surface area contributed by atoms with Crippen molar-refractivity contribution in [1.82, 2.24) is 9.96 Å². The Labute approximate surface area is 47.5 Å². The van der Waals surface area contributed by atoms with E-state index in [1.54, 1.807) is 0 Å². The monoisotopic (exact) mass is 154 g/mol. The van der Waals surface area contributed by atoms with E-state index in [0.29, 0.717) is 8.35 Å². The van der Waals surface area contributed by atoms with E-state index in [2.05, 4.69) is 9.96 Å². The zero-order valence-corrected chi connectivity index (χ0v) is 5.46. The van der Waals surface area contributed by atoms with Crippen molar-refractivity contribution < 1.29 is 8.39 Å². The molecule has 0 unspecified atom stereocenters. The SMILES string of the molecule is FP(F)c1cn[nH]p1. The normalized spacial score (nSPS) is 11.4. The van der Waals surface area contributed by atoms with Crippen LogP contribution in [0.2, 0.25) is 0 Å². The van der Waals surface area contributed by atoms with Gasteiger partial charge in [0.2, 0.25) is 0 Å². The van der Waals surface area contributed by atoms with Crippen LogP contribution >= 0.6 is 16.9 Å². The Morgan fingerprint density at radius 3 is 2.75 bits per heavy atom. The van der Waals surface area contributed by atoms with E-state index < -0.39 is 8.54 Å². The Morgan fingerprint density at radius 1 is 1.75 bits per heavy atom. The lowest BCUT2D eigenvalue weighted by molar-refractivity contribution is 0.765. The Kier molecular flexibility index (Phi) is 1.87. The third-order valence-corrected chi connectivity index (χ3v) is 2.35. The third kappa shape index (κ3) is 1.21. The van der Waals surface area contributed by atoms with Crippen LogP contribution in [0, 0.1) is 0 Å². The zero-order chi connectivity index (χ0) is 5.98. The Morgan fingerprint density at radius 2 is 2.50 bits per heavy atom. The molecule has 0 aliphatic carbocycles. The smallest absolute Gasteiger partial charge is 0.259 e. The molecule has 1 rings (SSSR count). The first-order valence-electron chi connectivity index (χ1n) is 1.78. The molecular formula is C2H2F2N2P2. The molecule has 0 aliphatic heterocycles. The number of hydrogen-bond donors (Lipinski definition) is 1. The van der Waals surface area contributed by atoms with Gasteiger partial charge in [0, 0.05) is 8.35 Å². The highest BCUT2D eigenvalue weighted by molar-refractivity contribution is 7.65. The van der Waals surface area contributed by atoms with E-state index in [-0.39, 0.29) is 5.04 Å². The summed E-state index contributed by atoms with van der Waals surface area (Å²) in [4.78, 5) is 2.39. The summed E-state index contributed by atoms with van der Waals surface area (Å²) in [6.07, 6.45) is 1.17. The molecule has 1 N–H and O–H groups in total. The minimum atomic E-state index is -2.91. The van der Waals surface area contributed by atoms with E-state index in [0.717, 1.165) is 0 Å². The molecule has 0 amide bonds. The standard InChI is InChI=1S/C2H2F2N2P2/c3-8(4)2-1-5-6-7-2/h1H,(H,5,6). The lowest BCUT2D eigenvalue weighted by atomic mass is 11.0. The van der Waals surface area contributed by atoms with Crippen LogP contribution in [0.1, 0.15) is 0 Å². The summed E-state index contributed by atoms with van der Waals surface area (Å²) in [7, 11) is -2.47. The fourth-order valence-electron chi connectivity index (χ4n) is 0.277. The molecular weight excluding hydrogens is 152 g/mol. The molecule has 0 aliphatic rings. The van der Waals surface area contributed by atoms with E-state index in [1.165, 1.54) is 6.20 Å². The quantitative estimate of drug-likeness (QED) is 0.614. The van der Waals surface area contributed by atoms with Gasteiger partial charge in [-0.15, -0.1) is 0 Å². The fraction of sp³-hybridized carbons (Fsp3) is 0. The number of aromatic amines is 1. The predicted octanol–water partition coefficient (Wildman–Crippen LogP) is 1.87. The van der Waals surface area contributed by atoms with Gasteiger partial charge in [0.1, 0.15) is 5.04 Å². The van der Waals surface area contributed by atoms with Crippen molar-refractivity contribution in [2.24, 2.45) is 0 Å². The van der Waals surface area contributed by atoms with Gasteiger partial charge in [-0.05, 0) is 0 Å². The van der Waals surface area contributed by atoms with Gasteiger partial charge >= 0.3 is 8.54 Å². The minimum Gasteiger partial charge on any atom is -0.259 e. The maximum atomic E-state index is 11.6. The van der Waals surface area contributed by atoms with Crippen molar-refractivity contribution in [2.45, 2.75) is 0 Å². The number of aromatic nitrogens is 2. The first-order valence-corrected chi connectivity index (χ1v) is 3.80. The van der Waals surface area contributed by atoms with Gasteiger partial charge in [-0.1, -0.05) is 0 Å². The molecule has 0 radical (unpaired) electrons. The van der Waals surface area contributed by atoms with Crippen molar-refractivity contribution in [3.05, 3.63) is 6.20 Å². The van der Waals surface area contributed by atoms with Gasteiger partial charge in [-0.2, -0.15) is 13.5 Å². The average molecular weight is 154 g/mol. The number of nitrogens with zero attached hydrogens (tertiary/aromatic N) is 1. The van der Waals surface area contributed by atoms with Crippen molar-refractivity contribution >= 4 is 21.9 Å². The molecule has 0 saturated carbocycles. The van der Waals surface area contributed by atoms with Crippen LogP contribution in [-0.2, 0) is 0 Å². The molecule has 0 aromatic carbocycles. The zero-order valence-electron chi connectivity index (χ0n) is 3.67. The van der Waals surface area contributed by atoms with Gasteiger partial charge in [0.15, 0.2) is 0 Å². The van der Waals surface area contributed by atoms with Crippen LogP contribution in [-0.4, -0.2) is 9.96 Å². The molecule has 0 atom stereocenters. The van der Waals surface area contributed by atoms with Crippen molar-refractivity contribution in [3.8, 4) is 0 Å². The molecule has 0 bridgehead atoms. The van der Waals surface area contributed by atoms with Gasteiger partial charge < -0.3 is 0 Å². The van der Waals surface area contributed by atoms with E-state index in [4.69, 9.17) is 0 Å². The van der Waals surface area contributed by atoms with Crippen molar-refractivity contribution in [1.29, 1.82) is 0 Å². The topological polar surface area (TPSA) is 28.7 Å². The molecule has 1 aromatic rings. The summed E-state index contributed by atoms with van der Waals surface area (Å²) in [6, 6.07) is 0. The van der Waals surface area contributed by atoms with E-state index in [9.17, 15) is 8.39 Å². The second-order valence-corrected chi connectivity index (χ2v) is 3.27. The van der Waals surface area contributed by atoms with Crippen molar-refractivity contribution in [2.75, 3.05) is 0 Å². The van der Waals surface area contributed by atoms with Gasteiger partial charge in [0.25, 0.3) is 0 Å². The summed E-state index contributed by atoms with van der Waals surface area (Å²) in [5, 5.41) is 3.50. The van der Waals surface area contributed by atoms with E-state index >= 15 is 0 Å². The second kappa shape index (κ2) is 2.47. The molecule has 0 spiro atoms. The predicted molar refractivity (Wildman–Crippen MR) is 29.9 cm³/mol. The van der Waals surface area contributed by atoms with E-state index in [1.807, 2.05) is 0 Å². The Balaban J connectivity index is 2.77. The third-order valence-electron chi connectivity index (χ3n) is 0.575. The van der Waals surface area contributed by atoms with Gasteiger partial charge in [0.05, 0.1) is 6.20 Å². The van der Waals surface area contributed by atoms with Crippen molar-refractivity contribution in [3.63, 3.8) is 0 Å². The average Bonchev–Trinajstić information content (AvgIpc) is 2.12. The van der Waals surface area contributed by atoms with Crippen LogP contribution in [0.15, 0.2) is 6.20 Å². The number of rotatable bonds is 1. The molecule has 6 heteroatoms. The van der Waals surface area contributed by atoms with Crippen LogP contribution in [0.3, 0.4) is 0 Å². The fourth-order valence-corrected chi connectivity index (χ4v) is 1.19. The summed E-state index contributed by atoms with van der Waals surface area (Å²) >= 11 is 0. The van der Waals surface area contributed by atoms with Crippen LogP contribution < -0.4 is 5.04 Å². The Bertz CT molecular complexity index is 151. The first-order chi connectivity index (χ1) is 3.80. The van der Waals surface area contributed by atoms with Gasteiger partial charge in [-0.25, -0.2) is 0 Å². The molecule has 0 fully saturated rings. The number of H-pyrrole nitrogens is 1. The van der Waals surface area contributed by atoms with Crippen LogP contribution in [0.5, 0.6) is 0 Å². The number of hydrogen-bond acceptors (Lipinski definition) is 1. The highest BCUT2D eigenvalue weighted by atomic mass is 31.2. The lowest BCUT2D eigenvalue weighted by Crippen LogP contribution is -1.80. The highest BCUT2D eigenvalue weighted by Crippen LogP contribution is 2.38.